The Bertz CT molecular complexity index is 405. The van der Waals surface area contributed by atoms with E-state index in [1.165, 1.54) is 35.0 Å². The summed E-state index contributed by atoms with van der Waals surface area (Å²) in [6.45, 7) is 9.07. The highest BCUT2D eigenvalue weighted by molar-refractivity contribution is 7.15. The normalized spacial score (nSPS) is 23.5. The fourth-order valence-electron chi connectivity index (χ4n) is 2.84. The summed E-state index contributed by atoms with van der Waals surface area (Å²) in [7, 11) is 0. The molecule has 0 bridgehead atoms. The summed E-state index contributed by atoms with van der Waals surface area (Å²) in [5, 5.41) is 4.65. The molecule has 1 N–H and O–H groups in total. The largest absolute Gasteiger partial charge is 0.346 e. The molecular weight excluding hydrogens is 230 g/mol. The summed E-state index contributed by atoms with van der Waals surface area (Å²) in [5.41, 5.74) is 1.67. The number of hydrogen-bond donors (Lipinski definition) is 1. The third kappa shape index (κ3) is 2.08. The SMILES string of the molecule is CC1(C)CCCc2sc(N3CCNCC3)nc21. The van der Waals surface area contributed by atoms with Crippen LogP contribution in [0, 0.1) is 0 Å². The van der Waals surface area contributed by atoms with Crippen molar-refractivity contribution in [1.82, 2.24) is 10.3 Å². The monoisotopic (exact) mass is 251 g/mol. The van der Waals surface area contributed by atoms with E-state index >= 15 is 0 Å². The van der Waals surface area contributed by atoms with E-state index in [0.29, 0.717) is 0 Å². The molecule has 0 aromatic carbocycles. The summed E-state index contributed by atoms with van der Waals surface area (Å²) in [5.74, 6) is 0. The number of fused-ring (bicyclic) bond motifs is 1. The minimum Gasteiger partial charge on any atom is -0.346 e. The first kappa shape index (κ1) is 11.5. The molecule has 94 valence electrons. The van der Waals surface area contributed by atoms with Gasteiger partial charge in [-0.3, -0.25) is 0 Å². The fraction of sp³-hybridized carbons (Fsp3) is 0.769. The summed E-state index contributed by atoms with van der Waals surface area (Å²) >= 11 is 1.93. The molecule has 1 saturated heterocycles. The minimum absolute atomic E-state index is 0.288. The van der Waals surface area contributed by atoms with Gasteiger partial charge in [-0.2, -0.15) is 0 Å². The van der Waals surface area contributed by atoms with Crippen LogP contribution in [-0.2, 0) is 11.8 Å². The van der Waals surface area contributed by atoms with Gasteiger partial charge in [0.1, 0.15) is 0 Å². The molecule has 4 heteroatoms. The molecule has 0 saturated carbocycles. The first-order valence-corrected chi connectivity index (χ1v) is 7.44. The van der Waals surface area contributed by atoms with Gasteiger partial charge in [0, 0.05) is 36.5 Å². The Morgan fingerprint density at radius 3 is 2.76 bits per heavy atom. The van der Waals surface area contributed by atoms with Crippen molar-refractivity contribution in [1.29, 1.82) is 0 Å². The smallest absolute Gasteiger partial charge is 0.185 e. The zero-order valence-electron chi connectivity index (χ0n) is 10.8. The van der Waals surface area contributed by atoms with Crippen LogP contribution in [0.5, 0.6) is 0 Å². The predicted molar refractivity (Wildman–Crippen MR) is 73.2 cm³/mol. The Balaban J connectivity index is 1.90. The van der Waals surface area contributed by atoms with Gasteiger partial charge in [0.05, 0.1) is 5.69 Å². The fourth-order valence-corrected chi connectivity index (χ4v) is 4.17. The topological polar surface area (TPSA) is 28.2 Å². The van der Waals surface area contributed by atoms with Crippen LogP contribution in [0.25, 0.3) is 0 Å². The summed E-state index contributed by atoms with van der Waals surface area (Å²) in [4.78, 5) is 8.92. The quantitative estimate of drug-likeness (QED) is 0.829. The molecule has 3 nitrogen and oxygen atoms in total. The van der Waals surface area contributed by atoms with Crippen molar-refractivity contribution < 1.29 is 0 Å². The summed E-state index contributed by atoms with van der Waals surface area (Å²) in [6, 6.07) is 0. The minimum atomic E-state index is 0.288. The van der Waals surface area contributed by atoms with Crippen molar-refractivity contribution in [2.45, 2.75) is 38.5 Å². The van der Waals surface area contributed by atoms with Crippen LogP contribution in [-0.4, -0.2) is 31.2 Å². The summed E-state index contributed by atoms with van der Waals surface area (Å²) in [6.07, 6.45) is 3.84. The molecule has 0 spiro atoms. The van der Waals surface area contributed by atoms with Crippen LogP contribution >= 0.6 is 11.3 Å². The third-order valence-corrected chi connectivity index (χ3v) is 5.10. The lowest BCUT2D eigenvalue weighted by Gasteiger charge is -2.28. The molecule has 0 amide bonds. The number of nitrogens with zero attached hydrogens (tertiary/aromatic N) is 2. The van der Waals surface area contributed by atoms with Crippen LogP contribution in [0.2, 0.25) is 0 Å². The molecule has 0 atom stereocenters. The Hall–Kier alpha value is -0.610. The molecule has 1 aliphatic heterocycles. The molecule has 17 heavy (non-hydrogen) atoms. The van der Waals surface area contributed by atoms with Gasteiger partial charge >= 0.3 is 0 Å². The Morgan fingerprint density at radius 1 is 1.29 bits per heavy atom. The second-order valence-corrected chi connectivity index (χ2v) is 6.80. The molecule has 3 rings (SSSR count). The lowest BCUT2D eigenvalue weighted by Crippen LogP contribution is -2.43. The first-order chi connectivity index (χ1) is 8.17. The van der Waals surface area contributed by atoms with Gasteiger partial charge in [0.25, 0.3) is 0 Å². The number of thiazole rings is 1. The second-order valence-electron chi connectivity index (χ2n) is 5.74. The van der Waals surface area contributed by atoms with E-state index in [2.05, 4.69) is 24.1 Å². The molecule has 1 aliphatic carbocycles. The predicted octanol–water partition coefficient (Wildman–Crippen LogP) is 2.17. The molecule has 1 fully saturated rings. The second kappa shape index (κ2) is 4.25. The average molecular weight is 251 g/mol. The van der Waals surface area contributed by atoms with E-state index in [1.807, 2.05) is 11.3 Å². The van der Waals surface area contributed by atoms with Crippen molar-refractivity contribution >= 4 is 16.5 Å². The molecule has 2 aliphatic rings. The van der Waals surface area contributed by atoms with Crippen molar-refractivity contribution in [3.63, 3.8) is 0 Å². The van der Waals surface area contributed by atoms with Gasteiger partial charge in [-0.25, -0.2) is 4.98 Å². The zero-order valence-corrected chi connectivity index (χ0v) is 11.6. The van der Waals surface area contributed by atoms with Crippen LogP contribution in [0.1, 0.15) is 37.3 Å². The van der Waals surface area contributed by atoms with Crippen molar-refractivity contribution in [3.8, 4) is 0 Å². The van der Waals surface area contributed by atoms with Crippen LogP contribution in [0.4, 0.5) is 5.13 Å². The Morgan fingerprint density at radius 2 is 2.06 bits per heavy atom. The lowest BCUT2D eigenvalue weighted by atomic mass is 9.79. The highest BCUT2D eigenvalue weighted by Gasteiger charge is 2.32. The van der Waals surface area contributed by atoms with Gasteiger partial charge in [-0.05, 0) is 19.3 Å². The molecule has 2 heterocycles. The van der Waals surface area contributed by atoms with Crippen molar-refractivity contribution in [2.75, 3.05) is 31.1 Å². The summed E-state index contributed by atoms with van der Waals surface area (Å²) < 4.78 is 0. The van der Waals surface area contributed by atoms with E-state index in [4.69, 9.17) is 4.98 Å². The third-order valence-electron chi connectivity index (χ3n) is 3.92. The van der Waals surface area contributed by atoms with Gasteiger partial charge in [0.15, 0.2) is 5.13 Å². The van der Waals surface area contributed by atoms with Crippen LogP contribution < -0.4 is 10.2 Å². The van der Waals surface area contributed by atoms with Gasteiger partial charge in [0.2, 0.25) is 0 Å². The lowest BCUT2D eigenvalue weighted by molar-refractivity contribution is 0.424. The Kier molecular flexibility index (Phi) is 2.87. The van der Waals surface area contributed by atoms with Crippen molar-refractivity contribution in [3.05, 3.63) is 10.6 Å². The number of anilines is 1. The Labute approximate surface area is 107 Å². The van der Waals surface area contributed by atoms with Crippen molar-refractivity contribution in [2.24, 2.45) is 0 Å². The average Bonchev–Trinajstić information content (AvgIpc) is 2.75. The van der Waals surface area contributed by atoms with Crippen LogP contribution in [0.3, 0.4) is 0 Å². The van der Waals surface area contributed by atoms with Crippen LogP contribution in [0.15, 0.2) is 0 Å². The number of aryl methyl sites for hydroxylation is 1. The van der Waals surface area contributed by atoms with E-state index in [9.17, 15) is 0 Å². The maximum absolute atomic E-state index is 4.94. The maximum Gasteiger partial charge on any atom is 0.185 e. The number of piperazine rings is 1. The zero-order chi connectivity index (χ0) is 11.9. The van der Waals surface area contributed by atoms with E-state index in [-0.39, 0.29) is 5.41 Å². The van der Waals surface area contributed by atoms with Gasteiger partial charge < -0.3 is 10.2 Å². The van der Waals surface area contributed by atoms with Gasteiger partial charge in [-0.1, -0.05) is 13.8 Å². The molecule has 1 aromatic rings. The molecule has 0 unspecified atom stereocenters. The molecular formula is C13H21N3S. The molecule has 1 aromatic heterocycles. The van der Waals surface area contributed by atoms with E-state index in [1.54, 1.807) is 0 Å². The first-order valence-electron chi connectivity index (χ1n) is 6.63. The number of rotatable bonds is 1. The van der Waals surface area contributed by atoms with E-state index < -0.39 is 0 Å². The maximum atomic E-state index is 4.94. The highest BCUT2D eigenvalue weighted by atomic mass is 32.1. The highest BCUT2D eigenvalue weighted by Crippen LogP contribution is 2.41. The van der Waals surface area contributed by atoms with Gasteiger partial charge in [-0.15, -0.1) is 11.3 Å². The standard InChI is InChI=1S/C13H21N3S/c1-13(2)5-3-4-10-11(13)15-12(17-10)16-8-6-14-7-9-16/h14H,3-9H2,1-2H3. The number of aromatic nitrogens is 1. The number of hydrogen-bond acceptors (Lipinski definition) is 4. The number of nitrogens with one attached hydrogen (secondary N) is 1. The van der Waals surface area contributed by atoms with E-state index in [0.717, 1.165) is 26.2 Å². The molecule has 0 radical (unpaired) electrons.